The van der Waals surface area contributed by atoms with Gasteiger partial charge in [-0.3, -0.25) is 4.79 Å². The van der Waals surface area contributed by atoms with Crippen molar-refractivity contribution in [1.82, 2.24) is 5.32 Å². The summed E-state index contributed by atoms with van der Waals surface area (Å²) in [6.45, 7) is 3.64. The number of aliphatic hydroxyl groups excluding tert-OH is 5. The monoisotopic (exact) mass is 1170 g/mol. The normalized spacial score (nSPS) is 19.2. The Morgan fingerprint density at radius 2 is 0.750 bits per heavy atom. The van der Waals surface area contributed by atoms with E-state index in [9.17, 15) is 30.3 Å². The summed E-state index contributed by atoms with van der Waals surface area (Å²) in [6, 6.07) is -0.846. The lowest BCUT2D eigenvalue weighted by molar-refractivity contribution is -0.302. The van der Waals surface area contributed by atoms with E-state index in [2.05, 4.69) is 165 Å². The van der Waals surface area contributed by atoms with Crippen LogP contribution in [0.1, 0.15) is 251 Å². The van der Waals surface area contributed by atoms with Crippen LogP contribution < -0.4 is 5.32 Å². The second kappa shape index (κ2) is 61.9. The Kier molecular flexibility index (Phi) is 57.3. The Morgan fingerprint density at radius 3 is 1.14 bits per heavy atom. The molecule has 0 aromatic rings. The summed E-state index contributed by atoms with van der Waals surface area (Å²) in [7, 11) is 0. The molecule has 1 amide bonds. The van der Waals surface area contributed by atoms with Crippen molar-refractivity contribution in [2.75, 3.05) is 13.2 Å². The molecular formula is C75H123NO8. The summed E-state index contributed by atoms with van der Waals surface area (Å²) < 4.78 is 11.3. The number of carbonyl (C=O) groups excluding carboxylic acids is 1. The van der Waals surface area contributed by atoms with Gasteiger partial charge in [0.15, 0.2) is 6.29 Å². The summed E-state index contributed by atoms with van der Waals surface area (Å²) in [6.07, 6.45) is 90.4. The van der Waals surface area contributed by atoms with Gasteiger partial charge in [-0.25, -0.2) is 0 Å². The fraction of sp³-hybridized carbons (Fsp3) is 0.640. The summed E-state index contributed by atoms with van der Waals surface area (Å²) in [4.78, 5) is 13.1. The molecule has 0 saturated carbocycles. The van der Waals surface area contributed by atoms with Crippen LogP contribution in [0.25, 0.3) is 0 Å². The molecule has 1 aliphatic heterocycles. The Morgan fingerprint density at radius 1 is 0.417 bits per heavy atom. The number of hydrogen-bond acceptors (Lipinski definition) is 8. The lowest BCUT2D eigenvalue weighted by atomic mass is 9.99. The zero-order valence-electron chi connectivity index (χ0n) is 53.1. The molecule has 84 heavy (non-hydrogen) atoms. The zero-order chi connectivity index (χ0) is 60.7. The number of aliphatic hydroxyl groups is 5. The molecule has 1 aliphatic rings. The maximum Gasteiger partial charge on any atom is 0.220 e. The summed E-state index contributed by atoms with van der Waals surface area (Å²) in [5, 5.41) is 54.6. The molecule has 9 nitrogen and oxygen atoms in total. The summed E-state index contributed by atoms with van der Waals surface area (Å²) in [5.74, 6) is -0.211. The first kappa shape index (κ1) is 77.8. The maximum atomic E-state index is 13.1. The molecule has 0 aromatic carbocycles. The third-order valence-corrected chi connectivity index (χ3v) is 14.8. The van der Waals surface area contributed by atoms with Crippen LogP contribution in [-0.4, -0.2) is 87.5 Å². The molecule has 476 valence electrons. The van der Waals surface area contributed by atoms with Crippen molar-refractivity contribution >= 4 is 5.91 Å². The highest BCUT2D eigenvalue weighted by atomic mass is 16.7. The molecule has 0 radical (unpaired) electrons. The zero-order valence-corrected chi connectivity index (χ0v) is 53.1. The molecule has 0 bridgehead atoms. The third kappa shape index (κ3) is 50.0. The second-order valence-electron chi connectivity index (χ2n) is 22.5. The van der Waals surface area contributed by atoms with E-state index in [0.717, 1.165) is 128 Å². The van der Waals surface area contributed by atoms with Gasteiger partial charge in [0.05, 0.1) is 25.4 Å². The van der Waals surface area contributed by atoms with E-state index in [0.29, 0.717) is 6.42 Å². The molecule has 9 heteroatoms. The highest BCUT2D eigenvalue weighted by molar-refractivity contribution is 5.76. The van der Waals surface area contributed by atoms with E-state index < -0.39 is 49.5 Å². The minimum absolute atomic E-state index is 0.211. The van der Waals surface area contributed by atoms with Crippen molar-refractivity contribution in [3.05, 3.63) is 158 Å². The molecule has 1 saturated heterocycles. The Hall–Kier alpha value is -4.19. The Labute approximate surface area is 514 Å². The van der Waals surface area contributed by atoms with Crippen LogP contribution in [0, 0.1) is 0 Å². The number of unbranched alkanes of at least 4 members (excludes halogenated alkanes) is 22. The van der Waals surface area contributed by atoms with Gasteiger partial charge in [-0.05, 0) is 116 Å². The molecule has 0 aliphatic carbocycles. The van der Waals surface area contributed by atoms with Crippen LogP contribution in [0.5, 0.6) is 0 Å². The molecule has 1 rings (SSSR count). The van der Waals surface area contributed by atoms with Gasteiger partial charge in [-0.1, -0.05) is 287 Å². The van der Waals surface area contributed by atoms with Crippen LogP contribution in [0.4, 0.5) is 0 Å². The SMILES string of the molecule is CC/C=C\C/C=C\C/C=C\C/C=C\C/C=C\C/C=C\C/C=C\C/C=C\C/C=C\C/C=C\C/C=C\CCCCCCCC(=O)NC(COC1OC(CO)C(O)C(O)C1O)C(O)/C=C/CC/C=C/CCCCCCCCCCCCCCCCCC. The summed E-state index contributed by atoms with van der Waals surface area (Å²) >= 11 is 0. The number of hydrogen-bond donors (Lipinski definition) is 6. The first-order valence-corrected chi connectivity index (χ1v) is 33.7. The van der Waals surface area contributed by atoms with Crippen LogP contribution in [-0.2, 0) is 14.3 Å². The Balaban J connectivity index is 2.22. The van der Waals surface area contributed by atoms with Crippen LogP contribution in [0.3, 0.4) is 0 Å². The third-order valence-electron chi connectivity index (χ3n) is 14.8. The molecule has 1 fully saturated rings. The molecule has 7 unspecified atom stereocenters. The van der Waals surface area contributed by atoms with Crippen molar-refractivity contribution in [3.63, 3.8) is 0 Å². The number of rotatable bonds is 56. The average molecular weight is 1170 g/mol. The van der Waals surface area contributed by atoms with Gasteiger partial charge in [0.1, 0.15) is 24.4 Å². The standard InChI is InChI=1S/C75H123NO8/c1-3-5-7-9-11-13-15-17-19-21-23-25-27-28-29-30-31-32-33-34-35-36-37-38-39-40-41-42-43-45-47-49-51-53-55-57-59-61-63-65-71(79)76-68(67-83-75-74(82)73(81)72(80)70(66-77)84-75)69(78)64-62-60-58-56-54-52-50-48-46-44-26-24-22-20-18-16-14-12-10-8-6-4-2/h5,7,11,13,17,19,23,25,28-29,31-32,34-35,37-38,40-41,43,45,49,51,54,56,62,64,68-70,72-75,77-78,80-82H,3-4,6,8-10,12,14-16,18,20-22,24,26-27,30,33,36,39,42,44,46-48,50,52-53,55,57-61,63,65-67H2,1-2H3,(H,76,79)/b7-5-,13-11-,19-17-,25-23-,29-28-,32-31-,35-34-,38-37-,41-40-,45-43-,51-49-,56-54+,64-62+. The van der Waals surface area contributed by atoms with Gasteiger partial charge in [0.2, 0.25) is 5.91 Å². The number of ether oxygens (including phenoxy) is 2. The van der Waals surface area contributed by atoms with E-state index in [-0.39, 0.29) is 12.5 Å². The highest BCUT2D eigenvalue weighted by Crippen LogP contribution is 2.23. The number of nitrogens with one attached hydrogen (secondary N) is 1. The van der Waals surface area contributed by atoms with Gasteiger partial charge >= 0.3 is 0 Å². The molecule has 6 N–H and O–H groups in total. The fourth-order valence-corrected chi connectivity index (χ4v) is 9.59. The average Bonchev–Trinajstić information content (AvgIpc) is 3.70. The van der Waals surface area contributed by atoms with Gasteiger partial charge in [-0.2, -0.15) is 0 Å². The van der Waals surface area contributed by atoms with Crippen molar-refractivity contribution in [1.29, 1.82) is 0 Å². The van der Waals surface area contributed by atoms with E-state index in [1.807, 2.05) is 6.08 Å². The fourth-order valence-electron chi connectivity index (χ4n) is 9.59. The molecule has 0 spiro atoms. The lowest BCUT2D eigenvalue weighted by Gasteiger charge is -2.40. The van der Waals surface area contributed by atoms with Gasteiger partial charge in [-0.15, -0.1) is 0 Å². The topological polar surface area (TPSA) is 149 Å². The molecular weight excluding hydrogens is 1040 g/mol. The quantitative estimate of drug-likeness (QED) is 0.0261. The minimum atomic E-state index is -1.59. The van der Waals surface area contributed by atoms with Crippen molar-refractivity contribution in [2.24, 2.45) is 0 Å². The maximum absolute atomic E-state index is 13.1. The first-order chi connectivity index (χ1) is 41.3. The van der Waals surface area contributed by atoms with E-state index in [4.69, 9.17) is 9.47 Å². The predicted molar refractivity (Wildman–Crippen MR) is 359 cm³/mol. The van der Waals surface area contributed by atoms with E-state index >= 15 is 0 Å². The smallest absolute Gasteiger partial charge is 0.220 e. The van der Waals surface area contributed by atoms with E-state index in [1.165, 1.54) is 103 Å². The second-order valence-corrected chi connectivity index (χ2v) is 22.5. The number of carbonyl (C=O) groups is 1. The highest BCUT2D eigenvalue weighted by Gasteiger charge is 2.44. The molecule has 0 aromatic heterocycles. The van der Waals surface area contributed by atoms with Gasteiger partial charge in [0.25, 0.3) is 0 Å². The van der Waals surface area contributed by atoms with Gasteiger partial charge in [0, 0.05) is 6.42 Å². The van der Waals surface area contributed by atoms with Crippen LogP contribution in [0.15, 0.2) is 158 Å². The largest absolute Gasteiger partial charge is 0.394 e. The van der Waals surface area contributed by atoms with Crippen molar-refractivity contribution < 1.29 is 39.8 Å². The first-order valence-electron chi connectivity index (χ1n) is 33.7. The van der Waals surface area contributed by atoms with Gasteiger partial charge < -0.3 is 40.3 Å². The Bertz CT molecular complexity index is 1880. The number of amides is 1. The lowest BCUT2D eigenvalue weighted by Crippen LogP contribution is -2.60. The van der Waals surface area contributed by atoms with Crippen molar-refractivity contribution in [2.45, 2.75) is 294 Å². The van der Waals surface area contributed by atoms with Crippen LogP contribution >= 0.6 is 0 Å². The summed E-state index contributed by atoms with van der Waals surface area (Å²) in [5.41, 5.74) is 0. The number of allylic oxidation sites excluding steroid dienone is 25. The minimum Gasteiger partial charge on any atom is -0.394 e. The predicted octanol–water partition coefficient (Wildman–Crippen LogP) is 18.4. The molecule has 1 heterocycles. The van der Waals surface area contributed by atoms with E-state index in [1.54, 1.807) is 6.08 Å². The molecule has 7 atom stereocenters. The van der Waals surface area contributed by atoms with Crippen molar-refractivity contribution in [3.8, 4) is 0 Å². The van der Waals surface area contributed by atoms with Crippen LogP contribution in [0.2, 0.25) is 0 Å².